The minimum absolute atomic E-state index is 0.110. The Hall–Kier alpha value is -2.07. The number of sulfonamides is 1. The second-order valence-electron chi connectivity index (χ2n) is 5.53. The molecule has 0 fully saturated rings. The highest BCUT2D eigenvalue weighted by Crippen LogP contribution is 2.29. The van der Waals surface area contributed by atoms with Crippen molar-refractivity contribution in [1.82, 2.24) is 9.71 Å². The van der Waals surface area contributed by atoms with Gasteiger partial charge in [-0.3, -0.25) is 4.72 Å². The van der Waals surface area contributed by atoms with Crippen molar-refractivity contribution < 1.29 is 16.8 Å². The summed E-state index contributed by atoms with van der Waals surface area (Å²) in [5, 5.41) is 1.24. The monoisotopic (exact) mass is 413 g/mol. The number of hydrogen-bond donors (Lipinski definition) is 4. The lowest BCUT2D eigenvalue weighted by atomic mass is 10.2. The van der Waals surface area contributed by atoms with Crippen LogP contribution in [-0.4, -0.2) is 28.4 Å². The molecule has 0 spiro atoms. The molecular weight excluding hydrogens is 398 g/mol. The van der Waals surface area contributed by atoms with Gasteiger partial charge in [0.25, 0.3) is 10.0 Å². The number of thiol groups is 1. The lowest BCUT2D eigenvalue weighted by Crippen LogP contribution is -2.15. The van der Waals surface area contributed by atoms with Gasteiger partial charge in [-0.2, -0.15) is 0 Å². The number of H-pyrrole nitrogens is 1. The largest absolute Gasteiger partial charge is 0.358 e. The Morgan fingerprint density at radius 2 is 1.81 bits per heavy atom. The minimum atomic E-state index is -3.77. The Morgan fingerprint density at radius 3 is 2.50 bits per heavy atom. The topological polar surface area (TPSA) is 108 Å². The second kappa shape index (κ2) is 7.67. The summed E-state index contributed by atoms with van der Waals surface area (Å²) in [7, 11) is -6.40. The Kier molecular flexibility index (Phi) is 5.52. The van der Waals surface area contributed by atoms with E-state index in [1.54, 1.807) is 36.5 Å². The molecule has 2 aromatic carbocycles. The maximum Gasteiger partial charge on any atom is 0.261 e. The standard InChI is InChI=1S/C16H16ClN3O4S2/c17-14-10-18-16-13(14)2-1-3-15(16)20-26(23,24)12-6-4-11(5-7-12)8-9-19-25(21)22/h1-7,10,18,20,25H,8-9H2,(H,19,21,22). The summed E-state index contributed by atoms with van der Waals surface area (Å²) in [6.07, 6.45) is 2.07. The van der Waals surface area contributed by atoms with Gasteiger partial charge in [-0.15, -0.1) is 0 Å². The van der Waals surface area contributed by atoms with Crippen molar-refractivity contribution >= 4 is 49.1 Å². The highest BCUT2D eigenvalue weighted by atomic mass is 35.5. The highest BCUT2D eigenvalue weighted by Gasteiger charge is 2.16. The zero-order valence-corrected chi connectivity index (χ0v) is 15.9. The Bertz CT molecular complexity index is 1100. The average molecular weight is 414 g/mol. The number of halogens is 1. The molecule has 0 aliphatic carbocycles. The molecule has 3 rings (SSSR count). The van der Waals surface area contributed by atoms with Crippen LogP contribution in [0.25, 0.3) is 10.9 Å². The molecule has 0 radical (unpaired) electrons. The third kappa shape index (κ3) is 4.18. The third-order valence-corrected chi connectivity index (χ3v) is 5.97. The van der Waals surface area contributed by atoms with E-state index in [-0.39, 0.29) is 11.4 Å². The van der Waals surface area contributed by atoms with Crippen LogP contribution in [0.2, 0.25) is 5.02 Å². The molecule has 0 saturated carbocycles. The Morgan fingerprint density at radius 1 is 1.08 bits per heavy atom. The fourth-order valence-corrected chi connectivity index (χ4v) is 4.11. The highest BCUT2D eigenvalue weighted by molar-refractivity contribution is 7.92. The van der Waals surface area contributed by atoms with Gasteiger partial charge < -0.3 is 4.98 Å². The molecule has 0 aliphatic heterocycles. The predicted octanol–water partition coefficient (Wildman–Crippen LogP) is 2.28. The van der Waals surface area contributed by atoms with E-state index in [4.69, 9.17) is 11.6 Å². The fraction of sp³-hybridized carbons (Fsp3) is 0.125. The average Bonchev–Trinajstić information content (AvgIpc) is 2.97. The van der Waals surface area contributed by atoms with Crippen molar-refractivity contribution in [2.24, 2.45) is 0 Å². The molecule has 1 heterocycles. The van der Waals surface area contributed by atoms with Gasteiger partial charge in [-0.05, 0) is 30.2 Å². The first-order valence-electron chi connectivity index (χ1n) is 7.62. The van der Waals surface area contributed by atoms with Gasteiger partial charge in [0.15, 0.2) is 0 Å². The molecule has 26 heavy (non-hydrogen) atoms. The molecule has 0 saturated heterocycles. The first-order valence-corrected chi connectivity index (χ1v) is 10.7. The van der Waals surface area contributed by atoms with E-state index in [9.17, 15) is 16.8 Å². The van der Waals surface area contributed by atoms with Crippen molar-refractivity contribution in [2.45, 2.75) is 11.3 Å². The summed E-state index contributed by atoms with van der Waals surface area (Å²) >= 11 is 6.06. The second-order valence-corrected chi connectivity index (χ2v) is 8.45. The van der Waals surface area contributed by atoms with Crippen molar-refractivity contribution in [3.05, 3.63) is 59.2 Å². The van der Waals surface area contributed by atoms with E-state index < -0.39 is 20.9 Å². The normalized spacial score (nSPS) is 11.9. The van der Waals surface area contributed by atoms with Crippen LogP contribution in [0.15, 0.2) is 53.6 Å². The van der Waals surface area contributed by atoms with Crippen molar-refractivity contribution in [3.8, 4) is 0 Å². The smallest absolute Gasteiger partial charge is 0.261 e. The fourth-order valence-electron chi connectivity index (χ4n) is 2.54. The summed E-state index contributed by atoms with van der Waals surface area (Å²) in [6.45, 7) is 0.263. The molecule has 10 heteroatoms. The van der Waals surface area contributed by atoms with E-state index in [1.165, 1.54) is 12.1 Å². The van der Waals surface area contributed by atoms with Crippen molar-refractivity contribution in [1.29, 1.82) is 0 Å². The van der Waals surface area contributed by atoms with Crippen LogP contribution in [0, 0.1) is 0 Å². The molecule has 0 aliphatic rings. The Balaban J connectivity index is 1.79. The van der Waals surface area contributed by atoms with Crippen LogP contribution < -0.4 is 9.44 Å². The Labute approximate surface area is 157 Å². The zero-order chi connectivity index (χ0) is 18.7. The molecule has 0 amide bonds. The molecule has 0 atom stereocenters. The first-order chi connectivity index (χ1) is 12.4. The van der Waals surface area contributed by atoms with E-state index in [1.807, 2.05) is 0 Å². The number of aromatic amines is 1. The number of nitrogens with one attached hydrogen (secondary N) is 3. The molecule has 3 aromatic rings. The van der Waals surface area contributed by atoms with Crippen LogP contribution in [0.5, 0.6) is 0 Å². The van der Waals surface area contributed by atoms with Crippen molar-refractivity contribution in [2.75, 3.05) is 11.3 Å². The van der Waals surface area contributed by atoms with Crippen LogP contribution >= 0.6 is 11.6 Å². The summed E-state index contributed by atoms with van der Waals surface area (Å²) in [6, 6.07) is 11.4. The third-order valence-electron chi connectivity index (χ3n) is 3.80. The summed E-state index contributed by atoms with van der Waals surface area (Å²) in [5.41, 5.74) is 1.84. The predicted molar refractivity (Wildman–Crippen MR) is 103 cm³/mol. The quantitative estimate of drug-likeness (QED) is 0.445. The zero-order valence-electron chi connectivity index (χ0n) is 13.4. The molecular formula is C16H16ClN3O4S2. The molecule has 0 bridgehead atoms. The molecule has 3 N–H and O–H groups in total. The number of benzene rings is 2. The van der Waals surface area contributed by atoms with Gasteiger partial charge in [0, 0.05) is 18.1 Å². The number of fused-ring (bicyclic) bond motifs is 1. The van der Waals surface area contributed by atoms with Gasteiger partial charge in [0.2, 0.25) is 10.9 Å². The first kappa shape index (κ1) is 18.7. The van der Waals surface area contributed by atoms with Crippen LogP contribution in [-0.2, 0) is 27.3 Å². The molecule has 7 nitrogen and oxygen atoms in total. The van der Waals surface area contributed by atoms with E-state index in [2.05, 4.69) is 14.4 Å². The summed E-state index contributed by atoms with van der Waals surface area (Å²) < 4.78 is 51.0. The van der Waals surface area contributed by atoms with Crippen LogP contribution in [0.1, 0.15) is 5.56 Å². The SMILES string of the molecule is O=[SH](=O)NCCc1ccc(S(=O)(=O)Nc2cccc3c(Cl)c[nH]c23)cc1. The maximum absolute atomic E-state index is 12.6. The number of hydrogen-bond acceptors (Lipinski definition) is 4. The number of rotatable bonds is 7. The van der Waals surface area contributed by atoms with Crippen LogP contribution in [0.3, 0.4) is 0 Å². The summed E-state index contributed by atoms with van der Waals surface area (Å²) in [4.78, 5) is 3.07. The lowest BCUT2D eigenvalue weighted by Gasteiger charge is -2.10. The van der Waals surface area contributed by atoms with E-state index in [0.29, 0.717) is 22.6 Å². The molecule has 0 unspecified atom stereocenters. The lowest BCUT2D eigenvalue weighted by molar-refractivity contribution is 0.600. The van der Waals surface area contributed by atoms with E-state index >= 15 is 0 Å². The van der Waals surface area contributed by atoms with Gasteiger partial charge in [-0.1, -0.05) is 35.9 Å². The maximum atomic E-state index is 12.6. The number of aromatic nitrogens is 1. The van der Waals surface area contributed by atoms with Crippen LogP contribution in [0.4, 0.5) is 5.69 Å². The molecule has 138 valence electrons. The minimum Gasteiger partial charge on any atom is -0.358 e. The van der Waals surface area contributed by atoms with Gasteiger partial charge in [0.05, 0.1) is 21.1 Å². The number of para-hydroxylation sites is 1. The summed E-state index contributed by atoms with van der Waals surface area (Å²) in [5.74, 6) is 0. The van der Waals surface area contributed by atoms with Crippen molar-refractivity contribution in [3.63, 3.8) is 0 Å². The number of anilines is 1. The van der Waals surface area contributed by atoms with Gasteiger partial charge in [0.1, 0.15) is 0 Å². The van der Waals surface area contributed by atoms with Gasteiger partial charge in [-0.25, -0.2) is 21.6 Å². The van der Waals surface area contributed by atoms with E-state index in [0.717, 1.165) is 10.9 Å². The van der Waals surface area contributed by atoms with Gasteiger partial charge >= 0.3 is 0 Å². The molecule has 1 aromatic heterocycles.